The minimum absolute atomic E-state index is 0.370. The quantitative estimate of drug-likeness (QED) is 0.325. The molecule has 2 heterocycles. The Balaban J connectivity index is 1.38. The van der Waals surface area contributed by atoms with Gasteiger partial charge in [-0.05, 0) is 61.5 Å². The monoisotopic (exact) mass is 429 g/mol. The molecule has 0 bridgehead atoms. The first-order valence-electron chi connectivity index (χ1n) is 9.78. The Labute approximate surface area is 184 Å². The minimum Gasteiger partial charge on any atom is -0.340 e. The molecule has 0 spiro atoms. The van der Waals surface area contributed by atoms with Crippen LogP contribution in [0.5, 0.6) is 0 Å². The molecule has 4 rings (SSSR count). The molecular weight excluding hydrogens is 409 g/mol. The molecule has 0 aliphatic heterocycles. The molecule has 0 saturated heterocycles. The maximum atomic E-state index is 13.2. The highest BCUT2D eigenvalue weighted by Gasteiger charge is 2.06. The Morgan fingerprint density at radius 2 is 1.47 bits per heavy atom. The van der Waals surface area contributed by atoms with Gasteiger partial charge in [0.25, 0.3) is 0 Å². The van der Waals surface area contributed by atoms with Crippen LogP contribution in [0.1, 0.15) is 5.82 Å². The fraction of sp³-hybridized carbons (Fsp3) is 0.0435. The van der Waals surface area contributed by atoms with Crippen LogP contribution in [-0.4, -0.2) is 21.0 Å². The first-order valence-corrected chi connectivity index (χ1v) is 9.78. The summed E-state index contributed by atoms with van der Waals surface area (Å²) in [6, 6.07) is 19.7. The molecule has 0 atom stereocenters. The zero-order chi connectivity index (χ0) is 22.3. The molecule has 2 aromatic carbocycles. The second-order valence-corrected chi connectivity index (χ2v) is 6.82. The van der Waals surface area contributed by atoms with Crippen LogP contribution in [0.3, 0.4) is 0 Å². The number of aryl methyl sites for hydroxylation is 1. The van der Waals surface area contributed by atoms with Crippen molar-refractivity contribution in [2.75, 3.05) is 21.3 Å². The predicted octanol–water partition coefficient (Wildman–Crippen LogP) is 5.45. The standard InChI is InChI=1S/C23H20FN7O/c1-15-26-21(14-22(27-15)31-20-7-2-3-12-25-20)28-17-8-10-18(11-9-17)29-23(32)30-19-6-4-5-16(24)13-19/h2-14H,1H3,(H2,29,30,32)(H2,25,26,27,28,31). The van der Waals surface area contributed by atoms with E-state index < -0.39 is 11.8 Å². The average Bonchev–Trinajstić information content (AvgIpc) is 2.75. The average molecular weight is 429 g/mol. The lowest BCUT2D eigenvalue weighted by Gasteiger charge is -2.11. The van der Waals surface area contributed by atoms with Crippen LogP contribution in [-0.2, 0) is 0 Å². The predicted molar refractivity (Wildman–Crippen MR) is 123 cm³/mol. The third-order valence-corrected chi connectivity index (χ3v) is 4.26. The molecule has 2 aromatic heterocycles. The largest absolute Gasteiger partial charge is 0.340 e. The van der Waals surface area contributed by atoms with E-state index in [4.69, 9.17) is 0 Å². The lowest BCUT2D eigenvalue weighted by molar-refractivity contribution is 0.262. The number of pyridine rings is 1. The number of carbonyl (C=O) groups excluding carboxylic acids is 1. The number of hydrogen-bond donors (Lipinski definition) is 4. The zero-order valence-corrected chi connectivity index (χ0v) is 17.1. The zero-order valence-electron chi connectivity index (χ0n) is 17.1. The summed E-state index contributed by atoms with van der Waals surface area (Å²) < 4.78 is 13.2. The van der Waals surface area contributed by atoms with Gasteiger partial charge in [0, 0.05) is 29.3 Å². The summed E-state index contributed by atoms with van der Waals surface area (Å²) in [5, 5.41) is 11.6. The van der Waals surface area contributed by atoms with Crippen LogP contribution in [0.4, 0.5) is 43.7 Å². The Morgan fingerprint density at radius 3 is 2.19 bits per heavy atom. The van der Waals surface area contributed by atoms with Gasteiger partial charge >= 0.3 is 6.03 Å². The number of amides is 2. The van der Waals surface area contributed by atoms with Gasteiger partial charge in [-0.3, -0.25) is 0 Å². The summed E-state index contributed by atoms with van der Waals surface area (Å²) in [4.78, 5) is 25.1. The molecule has 0 aliphatic carbocycles. The molecule has 2 amide bonds. The van der Waals surface area contributed by atoms with Crippen LogP contribution >= 0.6 is 0 Å². The van der Waals surface area contributed by atoms with Gasteiger partial charge in [-0.1, -0.05) is 12.1 Å². The second kappa shape index (κ2) is 9.52. The maximum absolute atomic E-state index is 13.2. The number of urea groups is 1. The van der Waals surface area contributed by atoms with E-state index in [1.807, 2.05) is 18.2 Å². The third-order valence-electron chi connectivity index (χ3n) is 4.26. The van der Waals surface area contributed by atoms with Crippen molar-refractivity contribution < 1.29 is 9.18 Å². The topological polar surface area (TPSA) is 104 Å². The van der Waals surface area contributed by atoms with Crippen molar-refractivity contribution >= 4 is 40.5 Å². The molecule has 0 fully saturated rings. The highest BCUT2D eigenvalue weighted by Crippen LogP contribution is 2.21. The highest BCUT2D eigenvalue weighted by molar-refractivity contribution is 5.99. The summed E-state index contributed by atoms with van der Waals surface area (Å²) in [7, 11) is 0. The van der Waals surface area contributed by atoms with Crippen molar-refractivity contribution in [1.29, 1.82) is 0 Å². The molecule has 8 nitrogen and oxygen atoms in total. The number of carbonyl (C=O) groups is 1. The summed E-state index contributed by atoms with van der Waals surface area (Å²) in [5.74, 6) is 2.09. The molecule has 0 aliphatic rings. The van der Waals surface area contributed by atoms with Gasteiger partial charge in [-0.15, -0.1) is 0 Å². The van der Waals surface area contributed by atoms with Crippen LogP contribution in [0.15, 0.2) is 79.0 Å². The van der Waals surface area contributed by atoms with Gasteiger partial charge in [0.1, 0.15) is 29.1 Å². The molecule has 32 heavy (non-hydrogen) atoms. The SMILES string of the molecule is Cc1nc(Nc2ccc(NC(=O)Nc3cccc(F)c3)cc2)cc(Nc2ccccn2)n1. The van der Waals surface area contributed by atoms with Crippen molar-refractivity contribution in [3.05, 3.63) is 90.6 Å². The lowest BCUT2D eigenvalue weighted by Crippen LogP contribution is -2.19. The van der Waals surface area contributed by atoms with Crippen molar-refractivity contribution in [3.8, 4) is 0 Å². The molecule has 0 unspecified atom stereocenters. The minimum atomic E-state index is -0.465. The van der Waals surface area contributed by atoms with Crippen molar-refractivity contribution in [2.45, 2.75) is 6.92 Å². The molecule has 0 saturated carbocycles. The fourth-order valence-electron chi connectivity index (χ4n) is 2.91. The Kier molecular flexibility index (Phi) is 6.17. The molecule has 9 heteroatoms. The summed E-state index contributed by atoms with van der Waals surface area (Å²) in [6.45, 7) is 1.80. The summed E-state index contributed by atoms with van der Waals surface area (Å²) in [6.07, 6.45) is 1.70. The smallest absolute Gasteiger partial charge is 0.323 e. The molecule has 4 aromatic rings. The van der Waals surface area contributed by atoms with E-state index in [1.54, 1.807) is 49.5 Å². The van der Waals surface area contributed by atoms with E-state index in [1.165, 1.54) is 18.2 Å². The van der Waals surface area contributed by atoms with Crippen molar-refractivity contribution in [2.24, 2.45) is 0 Å². The second-order valence-electron chi connectivity index (χ2n) is 6.82. The van der Waals surface area contributed by atoms with Gasteiger partial charge < -0.3 is 21.3 Å². The van der Waals surface area contributed by atoms with E-state index in [9.17, 15) is 9.18 Å². The van der Waals surface area contributed by atoms with E-state index >= 15 is 0 Å². The van der Waals surface area contributed by atoms with E-state index in [2.05, 4.69) is 36.2 Å². The number of aromatic nitrogens is 3. The van der Waals surface area contributed by atoms with Crippen molar-refractivity contribution in [1.82, 2.24) is 15.0 Å². The van der Waals surface area contributed by atoms with Gasteiger partial charge in [-0.25, -0.2) is 24.1 Å². The Hall–Kier alpha value is -4.53. The number of halogens is 1. The summed E-state index contributed by atoms with van der Waals surface area (Å²) >= 11 is 0. The van der Waals surface area contributed by atoms with Crippen LogP contribution < -0.4 is 21.3 Å². The number of benzene rings is 2. The van der Waals surface area contributed by atoms with E-state index in [0.29, 0.717) is 34.7 Å². The number of hydrogen-bond acceptors (Lipinski definition) is 6. The fourth-order valence-corrected chi connectivity index (χ4v) is 2.91. The molecular formula is C23H20FN7O. The Morgan fingerprint density at radius 1 is 0.750 bits per heavy atom. The molecule has 0 radical (unpaired) electrons. The third kappa shape index (κ3) is 5.76. The highest BCUT2D eigenvalue weighted by atomic mass is 19.1. The van der Waals surface area contributed by atoms with Gasteiger partial charge in [-0.2, -0.15) is 0 Å². The molecule has 4 N–H and O–H groups in total. The van der Waals surface area contributed by atoms with Crippen LogP contribution in [0.25, 0.3) is 0 Å². The van der Waals surface area contributed by atoms with Gasteiger partial charge in [0.15, 0.2) is 0 Å². The van der Waals surface area contributed by atoms with E-state index in [-0.39, 0.29) is 0 Å². The first kappa shape index (κ1) is 20.7. The number of rotatable bonds is 6. The maximum Gasteiger partial charge on any atom is 0.323 e. The first-order chi connectivity index (χ1) is 15.5. The van der Waals surface area contributed by atoms with Crippen LogP contribution in [0, 0.1) is 12.7 Å². The molecule has 160 valence electrons. The van der Waals surface area contributed by atoms with Crippen LogP contribution in [0.2, 0.25) is 0 Å². The van der Waals surface area contributed by atoms with Gasteiger partial charge in [0.05, 0.1) is 0 Å². The number of nitrogens with zero attached hydrogens (tertiary/aromatic N) is 3. The van der Waals surface area contributed by atoms with E-state index in [0.717, 1.165) is 5.69 Å². The summed E-state index contributed by atoms with van der Waals surface area (Å²) in [5.41, 5.74) is 1.74. The number of anilines is 6. The number of nitrogens with one attached hydrogen (secondary N) is 4. The normalized spacial score (nSPS) is 10.3. The van der Waals surface area contributed by atoms with Crippen molar-refractivity contribution in [3.63, 3.8) is 0 Å². The van der Waals surface area contributed by atoms with Gasteiger partial charge in [0.2, 0.25) is 0 Å². The Bertz CT molecular complexity index is 1220. The lowest BCUT2D eigenvalue weighted by atomic mass is 10.2.